The van der Waals surface area contributed by atoms with Gasteiger partial charge in [0.2, 0.25) is 0 Å². The Balaban J connectivity index is 1.80. The third kappa shape index (κ3) is 4.97. The molecule has 0 atom stereocenters. The molecule has 1 N–H and O–H groups in total. The molecular weight excluding hydrogens is 358 g/mol. The van der Waals surface area contributed by atoms with Crippen molar-refractivity contribution in [1.82, 2.24) is 4.90 Å². The van der Waals surface area contributed by atoms with Crippen LogP contribution in [-0.4, -0.2) is 24.2 Å². The molecule has 1 aromatic carbocycles. The molecule has 0 radical (unpaired) electrons. The van der Waals surface area contributed by atoms with Crippen LogP contribution in [0.1, 0.15) is 36.7 Å². The van der Waals surface area contributed by atoms with Gasteiger partial charge in [-0.3, -0.25) is 4.90 Å². The van der Waals surface area contributed by atoms with Crippen LogP contribution in [0.15, 0.2) is 57.6 Å². The first-order valence-electron chi connectivity index (χ1n) is 9.16. The highest BCUT2D eigenvalue weighted by Gasteiger charge is 2.21. The van der Waals surface area contributed by atoms with Crippen molar-refractivity contribution in [2.24, 2.45) is 0 Å². The van der Waals surface area contributed by atoms with Gasteiger partial charge in [0.05, 0.1) is 33.6 Å². The van der Waals surface area contributed by atoms with Gasteiger partial charge >= 0.3 is 0 Å². The second kappa shape index (κ2) is 8.54. The number of nitrogens with zero attached hydrogens (tertiary/aromatic N) is 1. The van der Waals surface area contributed by atoms with Crippen molar-refractivity contribution >= 4 is 0 Å². The number of methoxy groups -OCH3 is 2. The Morgan fingerprint density at radius 3 is 2.29 bits per heavy atom. The van der Waals surface area contributed by atoms with Crippen LogP contribution in [0.5, 0.6) is 11.5 Å². The summed E-state index contributed by atoms with van der Waals surface area (Å²) in [6, 6.07) is 13.4. The smallest absolute Gasteiger partial charge is 0.161 e. The van der Waals surface area contributed by atoms with E-state index in [1.807, 2.05) is 42.5 Å². The summed E-state index contributed by atoms with van der Waals surface area (Å²) in [6.45, 7) is 5.28. The SMILES string of the molecule is COc1ccc(CN(Cc2ccco2)Cc2ccc(C(C)(C)O)o2)cc1OC. The molecule has 0 bridgehead atoms. The molecule has 0 unspecified atom stereocenters. The van der Waals surface area contributed by atoms with Crippen molar-refractivity contribution in [3.05, 3.63) is 71.6 Å². The summed E-state index contributed by atoms with van der Waals surface area (Å²) in [4.78, 5) is 2.20. The van der Waals surface area contributed by atoms with Gasteiger partial charge in [-0.05, 0) is 55.8 Å². The van der Waals surface area contributed by atoms with E-state index in [1.165, 1.54) is 0 Å². The van der Waals surface area contributed by atoms with E-state index in [0.29, 0.717) is 36.9 Å². The number of rotatable bonds is 9. The summed E-state index contributed by atoms with van der Waals surface area (Å²) < 4.78 is 22.1. The molecule has 6 heteroatoms. The molecule has 28 heavy (non-hydrogen) atoms. The van der Waals surface area contributed by atoms with Gasteiger partial charge in [0.1, 0.15) is 22.9 Å². The lowest BCUT2D eigenvalue weighted by molar-refractivity contribution is 0.0514. The lowest BCUT2D eigenvalue weighted by atomic mass is 10.1. The van der Waals surface area contributed by atoms with Crippen molar-refractivity contribution in [2.45, 2.75) is 39.1 Å². The Morgan fingerprint density at radius 1 is 0.929 bits per heavy atom. The fourth-order valence-corrected chi connectivity index (χ4v) is 3.04. The minimum absolute atomic E-state index is 0.548. The Hall–Kier alpha value is -2.70. The summed E-state index contributed by atoms with van der Waals surface area (Å²) in [6.07, 6.45) is 1.67. The van der Waals surface area contributed by atoms with Gasteiger partial charge in [-0.25, -0.2) is 0 Å². The van der Waals surface area contributed by atoms with E-state index in [0.717, 1.165) is 17.1 Å². The minimum atomic E-state index is -1.01. The lowest BCUT2D eigenvalue weighted by Gasteiger charge is -2.21. The standard InChI is InChI=1S/C22H27NO5/c1-22(2,24)21-10-8-18(28-21)15-23(14-17-6-5-11-27-17)13-16-7-9-19(25-3)20(12-16)26-4/h5-12,24H,13-15H2,1-4H3. The topological polar surface area (TPSA) is 68.2 Å². The average molecular weight is 385 g/mol. The highest BCUT2D eigenvalue weighted by molar-refractivity contribution is 5.42. The fraction of sp³-hybridized carbons (Fsp3) is 0.364. The molecule has 6 nitrogen and oxygen atoms in total. The number of hydrogen-bond acceptors (Lipinski definition) is 6. The molecule has 0 aliphatic heterocycles. The van der Waals surface area contributed by atoms with Crippen LogP contribution in [-0.2, 0) is 25.2 Å². The number of ether oxygens (including phenoxy) is 2. The van der Waals surface area contributed by atoms with Crippen molar-refractivity contribution < 1.29 is 23.4 Å². The zero-order chi connectivity index (χ0) is 20.1. The second-order valence-electron chi connectivity index (χ2n) is 7.24. The quantitative estimate of drug-likeness (QED) is 0.592. The summed E-state index contributed by atoms with van der Waals surface area (Å²) >= 11 is 0. The fourth-order valence-electron chi connectivity index (χ4n) is 3.04. The van der Waals surface area contributed by atoms with Gasteiger partial charge in [-0.1, -0.05) is 6.07 Å². The largest absolute Gasteiger partial charge is 0.493 e. The first-order chi connectivity index (χ1) is 13.4. The molecule has 3 rings (SSSR count). The van der Waals surface area contributed by atoms with E-state index < -0.39 is 5.60 Å². The average Bonchev–Trinajstić information content (AvgIpc) is 3.33. The molecule has 0 spiro atoms. The molecule has 0 aliphatic rings. The van der Waals surface area contributed by atoms with Crippen LogP contribution >= 0.6 is 0 Å². The zero-order valence-corrected chi connectivity index (χ0v) is 16.8. The maximum absolute atomic E-state index is 10.1. The summed E-state index contributed by atoms with van der Waals surface area (Å²) in [5.41, 5.74) is 0.0754. The third-order valence-electron chi connectivity index (χ3n) is 4.46. The Morgan fingerprint density at radius 2 is 1.68 bits per heavy atom. The highest BCUT2D eigenvalue weighted by Crippen LogP contribution is 2.29. The second-order valence-corrected chi connectivity index (χ2v) is 7.24. The molecule has 0 saturated carbocycles. The molecular formula is C22H27NO5. The van der Waals surface area contributed by atoms with Gasteiger partial charge in [-0.2, -0.15) is 0 Å². The predicted octanol–water partition coefficient (Wildman–Crippen LogP) is 4.32. The van der Waals surface area contributed by atoms with Gasteiger partial charge in [0, 0.05) is 6.54 Å². The molecule has 150 valence electrons. The van der Waals surface area contributed by atoms with Crippen LogP contribution in [0, 0.1) is 0 Å². The number of hydrogen-bond donors (Lipinski definition) is 1. The Bertz CT molecular complexity index is 877. The first kappa shape index (κ1) is 20.0. The lowest BCUT2D eigenvalue weighted by Crippen LogP contribution is -2.22. The Labute approximate surface area is 165 Å². The van der Waals surface area contributed by atoms with E-state index in [1.54, 1.807) is 34.3 Å². The van der Waals surface area contributed by atoms with E-state index in [9.17, 15) is 5.11 Å². The Kier molecular flexibility index (Phi) is 6.11. The van der Waals surface area contributed by atoms with Crippen LogP contribution in [0.25, 0.3) is 0 Å². The predicted molar refractivity (Wildman–Crippen MR) is 105 cm³/mol. The van der Waals surface area contributed by atoms with Crippen molar-refractivity contribution in [3.63, 3.8) is 0 Å². The van der Waals surface area contributed by atoms with E-state index in [-0.39, 0.29) is 0 Å². The van der Waals surface area contributed by atoms with Gasteiger partial charge in [-0.15, -0.1) is 0 Å². The van der Waals surface area contributed by atoms with Gasteiger partial charge in [0.25, 0.3) is 0 Å². The molecule has 2 heterocycles. The maximum Gasteiger partial charge on any atom is 0.161 e. The van der Waals surface area contributed by atoms with Crippen molar-refractivity contribution in [1.29, 1.82) is 0 Å². The van der Waals surface area contributed by atoms with E-state index >= 15 is 0 Å². The van der Waals surface area contributed by atoms with Crippen molar-refractivity contribution in [2.75, 3.05) is 14.2 Å². The molecule has 0 saturated heterocycles. The normalized spacial score (nSPS) is 11.8. The zero-order valence-electron chi connectivity index (χ0n) is 16.8. The van der Waals surface area contributed by atoms with Crippen LogP contribution < -0.4 is 9.47 Å². The molecule has 0 amide bonds. The number of aliphatic hydroxyl groups is 1. The van der Waals surface area contributed by atoms with Gasteiger partial charge < -0.3 is 23.4 Å². The first-order valence-corrected chi connectivity index (χ1v) is 9.16. The molecule has 2 aromatic heterocycles. The summed E-state index contributed by atoms with van der Waals surface area (Å²) in [5, 5.41) is 10.1. The molecule has 0 fully saturated rings. The number of benzene rings is 1. The van der Waals surface area contributed by atoms with Crippen LogP contribution in [0.2, 0.25) is 0 Å². The van der Waals surface area contributed by atoms with Gasteiger partial charge in [0.15, 0.2) is 11.5 Å². The monoisotopic (exact) mass is 385 g/mol. The minimum Gasteiger partial charge on any atom is -0.493 e. The van der Waals surface area contributed by atoms with Crippen molar-refractivity contribution in [3.8, 4) is 11.5 Å². The number of furan rings is 2. The summed E-state index contributed by atoms with van der Waals surface area (Å²) in [5.74, 6) is 3.59. The van der Waals surface area contributed by atoms with Crippen LogP contribution in [0.4, 0.5) is 0 Å². The molecule has 0 aliphatic carbocycles. The maximum atomic E-state index is 10.1. The molecule has 3 aromatic rings. The summed E-state index contributed by atoms with van der Waals surface area (Å²) in [7, 11) is 3.25. The van der Waals surface area contributed by atoms with Crippen LogP contribution in [0.3, 0.4) is 0 Å². The van der Waals surface area contributed by atoms with E-state index in [2.05, 4.69) is 4.90 Å². The van der Waals surface area contributed by atoms with E-state index in [4.69, 9.17) is 18.3 Å². The highest BCUT2D eigenvalue weighted by atomic mass is 16.5. The third-order valence-corrected chi connectivity index (χ3v) is 4.46.